The molecule has 0 aliphatic heterocycles. The number of aromatic nitrogens is 3. The second kappa shape index (κ2) is 8.80. The average molecular weight is 454 g/mol. The van der Waals surface area contributed by atoms with Crippen LogP contribution in [0.4, 0.5) is 0 Å². The zero-order valence-electron chi connectivity index (χ0n) is 17.8. The first kappa shape index (κ1) is 20.8. The van der Waals surface area contributed by atoms with E-state index in [0.717, 1.165) is 33.8 Å². The molecule has 3 aromatic carbocycles. The van der Waals surface area contributed by atoms with Gasteiger partial charge in [-0.2, -0.15) is 14.6 Å². The summed E-state index contributed by atoms with van der Waals surface area (Å²) >= 11 is 1.14. The summed E-state index contributed by atoms with van der Waals surface area (Å²) in [5.74, 6) is 1.39. The summed E-state index contributed by atoms with van der Waals surface area (Å²) in [6, 6.07) is 24.8. The van der Waals surface area contributed by atoms with E-state index in [4.69, 9.17) is 4.74 Å². The number of hydrogen-bond donors (Lipinski definition) is 0. The van der Waals surface area contributed by atoms with Crippen molar-refractivity contribution < 1.29 is 4.74 Å². The van der Waals surface area contributed by atoms with Crippen LogP contribution >= 0.6 is 11.3 Å². The third kappa shape index (κ3) is 4.58. The van der Waals surface area contributed by atoms with Gasteiger partial charge in [0.2, 0.25) is 4.96 Å². The third-order valence-electron chi connectivity index (χ3n) is 5.08. The number of para-hydroxylation sites is 1. The number of benzene rings is 3. The lowest BCUT2D eigenvalue weighted by Crippen LogP contribution is -2.28. The van der Waals surface area contributed by atoms with Gasteiger partial charge < -0.3 is 4.74 Å². The second-order valence-electron chi connectivity index (χ2n) is 7.62. The van der Waals surface area contributed by atoms with Crippen molar-refractivity contribution in [3.05, 3.63) is 126 Å². The maximum atomic E-state index is 13.0. The third-order valence-corrected chi connectivity index (χ3v) is 6.04. The van der Waals surface area contributed by atoms with Crippen LogP contribution in [-0.2, 0) is 6.42 Å². The van der Waals surface area contributed by atoms with Gasteiger partial charge in [0.1, 0.15) is 17.2 Å². The van der Waals surface area contributed by atoms with Crippen molar-refractivity contribution in [3.63, 3.8) is 0 Å². The highest BCUT2D eigenvalue weighted by Gasteiger charge is 2.12. The predicted molar refractivity (Wildman–Crippen MR) is 129 cm³/mol. The molecule has 0 spiro atoms. The van der Waals surface area contributed by atoms with Gasteiger partial charge in [0.15, 0.2) is 0 Å². The predicted octanol–water partition coefficient (Wildman–Crippen LogP) is 3.75. The number of hydrogen-bond acceptors (Lipinski definition) is 6. The molecule has 0 N–H and O–H groups in total. The van der Waals surface area contributed by atoms with E-state index in [9.17, 15) is 9.59 Å². The zero-order chi connectivity index (χ0) is 22.8. The monoisotopic (exact) mass is 453 g/mol. The molecular formula is C26H19N3O3S. The number of ether oxygens (including phenoxy) is 1. The number of fused-ring (bicyclic) bond motifs is 1. The smallest absolute Gasteiger partial charge is 0.296 e. The maximum absolute atomic E-state index is 13.0. The van der Waals surface area contributed by atoms with Crippen LogP contribution in [0.5, 0.6) is 11.5 Å². The number of rotatable bonds is 5. The van der Waals surface area contributed by atoms with E-state index in [1.165, 1.54) is 4.52 Å². The molecule has 0 atom stereocenters. The molecule has 6 nitrogen and oxygen atoms in total. The fourth-order valence-electron chi connectivity index (χ4n) is 3.39. The highest BCUT2D eigenvalue weighted by Crippen LogP contribution is 2.22. The topological polar surface area (TPSA) is 73.6 Å². The molecule has 2 aromatic heterocycles. The van der Waals surface area contributed by atoms with Crippen LogP contribution < -0.4 is 20.4 Å². The SMILES string of the molecule is Cc1ccc(Cc2nn3c(=O)/c(=C\c4cccc(Oc5ccccc5)c4)sc3nc2=O)cc1. The van der Waals surface area contributed by atoms with Gasteiger partial charge in [0.05, 0.1) is 4.53 Å². The Labute approximate surface area is 193 Å². The van der Waals surface area contributed by atoms with E-state index in [1.807, 2.05) is 85.8 Å². The van der Waals surface area contributed by atoms with Crippen molar-refractivity contribution in [2.75, 3.05) is 0 Å². The molecule has 0 unspecified atom stereocenters. The first-order chi connectivity index (χ1) is 16.0. The Bertz CT molecular complexity index is 1610. The lowest BCUT2D eigenvalue weighted by atomic mass is 10.1. The highest BCUT2D eigenvalue weighted by molar-refractivity contribution is 7.15. The normalized spacial score (nSPS) is 11.7. The van der Waals surface area contributed by atoms with E-state index in [-0.39, 0.29) is 16.2 Å². The molecule has 5 aromatic rings. The van der Waals surface area contributed by atoms with Crippen molar-refractivity contribution in [3.8, 4) is 11.5 Å². The van der Waals surface area contributed by atoms with Crippen LogP contribution in [0, 0.1) is 6.92 Å². The molecular weight excluding hydrogens is 434 g/mol. The summed E-state index contributed by atoms with van der Waals surface area (Å²) in [6.07, 6.45) is 2.08. The van der Waals surface area contributed by atoms with Crippen molar-refractivity contribution in [2.24, 2.45) is 0 Å². The van der Waals surface area contributed by atoms with Crippen molar-refractivity contribution in [2.45, 2.75) is 13.3 Å². The molecule has 0 fully saturated rings. The summed E-state index contributed by atoms with van der Waals surface area (Å²) in [7, 11) is 0. The van der Waals surface area contributed by atoms with Gasteiger partial charge in [0, 0.05) is 6.42 Å². The fraction of sp³-hybridized carbons (Fsp3) is 0.0769. The molecule has 0 radical (unpaired) electrons. The van der Waals surface area contributed by atoms with E-state index in [0.29, 0.717) is 16.7 Å². The number of nitrogens with zero attached hydrogens (tertiary/aromatic N) is 3. The first-order valence-electron chi connectivity index (χ1n) is 10.4. The van der Waals surface area contributed by atoms with Gasteiger partial charge in [-0.15, -0.1) is 0 Å². The summed E-state index contributed by atoms with van der Waals surface area (Å²) in [5, 5.41) is 4.32. The largest absolute Gasteiger partial charge is 0.457 e. The Morgan fingerprint density at radius 1 is 0.939 bits per heavy atom. The van der Waals surface area contributed by atoms with Gasteiger partial charge >= 0.3 is 0 Å². The van der Waals surface area contributed by atoms with Crippen LogP contribution in [-0.4, -0.2) is 14.6 Å². The number of thiazole rings is 1. The second-order valence-corrected chi connectivity index (χ2v) is 8.63. The van der Waals surface area contributed by atoms with Crippen LogP contribution in [0.15, 0.2) is 88.5 Å². The van der Waals surface area contributed by atoms with Crippen molar-refractivity contribution in [1.29, 1.82) is 0 Å². The summed E-state index contributed by atoms with van der Waals surface area (Å²) in [4.78, 5) is 29.9. The minimum absolute atomic E-state index is 0.246. The summed E-state index contributed by atoms with van der Waals surface area (Å²) < 4.78 is 7.53. The van der Waals surface area contributed by atoms with Gasteiger partial charge in [-0.25, -0.2) is 0 Å². The molecule has 0 amide bonds. The van der Waals surface area contributed by atoms with Crippen LogP contribution in [0.2, 0.25) is 0 Å². The highest BCUT2D eigenvalue weighted by atomic mass is 32.1. The Kier molecular flexibility index (Phi) is 5.54. The molecule has 0 saturated carbocycles. The Morgan fingerprint density at radius 2 is 1.70 bits per heavy atom. The molecule has 0 aliphatic carbocycles. The van der Waals surface area contributed by atoms with Gasteiger partial charge in [-0.05, 0) is 48.4 Å². The summed E-state index contributed by atoms with van der Waals surface area (Å²) in [6.45, 7) is 2.00. The molecule has 2 heterocycles. The standard InChI is InChI=1S/C26H19N3O3S/c1-17-10-12-18(13-11-17)15-22-24(30)27-26-29(28-22)25(31)23(33-26)16-19-6-5-9-21(14-19)32-20-7-3-2-4-8-20/h2-14,16H,15H2,1H3/b23-16+. The van der Waals surface area contributed by atoms with Crippen molar-refractivity contribution in [1.82, 2.24) is 14.6 Å². The quantitative estimate of drug-likeness (QED) is 0.405. The van der Waals surface area contributed by atoms with Crippen LogP contribution in [0.25, 0.3) is 11.0 Å². The van der Waals surface area contributed by atoms with Gasteiger partial charge in [-0.3, -0.25) is 9.59 Å². The number of aryl methyl sites for hydroxylation is 1. The Balaban J connectivity index is 1.49. The minimum atomic E-state index is -0.415. The van der Waals surface area contributed by atoms with Gasteiger partial charge in [0.25, 0.3) is 11.1 Å². The van der Waals surface area contributed by atoms with Crippen LogP contribution in [0.3, 0.4) is 0 Å². The average Bonchev–Trinajstić information content (AvgIpc) is 3.10. The zero-order valence-corrected chi connectivity index (χ0v) is 18.6. The lowest BCUT2D eigenvalue weighted by molar-refractivity contribution is 0.482. The minimum Gasteiger partial charge on any atom is -0.457 e. The molecule has 0 bridgehead atoms. The van der Waals surface area contributed by atoms with E-state index >= 15 is 0 Å². The summed E-state index contributed by atoms with van der Waals surface area (Å²) in [5.41, 5.74) is 2.40. The lowest BCUT2D eigenvalue weighted by Gasteiger charge is -2.05. The van der Waals surface area contributed by atoms with E-state index < -0.39 is 5.56 Å². The first-order valence-corrected chi connectivity index (χ1v) is 11.2. The molecule has 7 heteroatoms. The van der Waals surface area contributed by atoms with Gasteiger partial charge in [-0.1, -0.05) is 71.5 Å². The molecule has 0 saturated heterocycles. The molecule has 0 aliphatic rings. The van der Waals surface area contributed by atoms with E-state index in [1.54, 1.807) is 6.08 Å². The van der Waals surface area contributed by atoms with Crippen LogP contribution in [0.1, 0.15) is 22.4 Å². The van der Waals surface area contributed by atoms with E-state index in [2.05, 4.69) is 10.1 Å². The molecule has 5 rings (SSSR count). The Morgan fingerprint density at radius 3 is 2.48 bits per heavy atom. The Hall–Kier alpha value is -4.10. The van der Waals surface area contributed by atoms with Crippen molar-refractivity contribution >= 4 is 22.4 Å². The fourth-order valence-corrected chi connectivity index (χ4v) is 4.30. The molecule has 33 heavy (non-hydrogen) atoms. The molecule has 162 valence electrons. The maximum Gasteiger partial charge on any atom is 0.296 e.